The lowest BCUT2D eigenvalue weighted by atomic mass is 9.93. The summed E-state index contributed by atoms with van der Waals surface area (Å²) in [5.74, 6) is 1.17. The summed E-state index contributed by atoms with van der Waals surface area (Å²) in [4.78, 5) is 14.1. The van der Waals surface area contributed by atoms with Crippen molar-refractivity contribution < 1.29 is 13.2 Å². The van der Waals surface area contributed by atoms with Crippen molar-refractivity contribution in [3.8, 4) is 0 Å². The monoisotopic (exact) mass is 394 g/mol. The molecule has 1 aliphatic rings. The molecule has 5 nitrogen and oxygen atoms in total. The first-order chi connectivity index (χ1) is 12.6. The minimum absolute atomic E-state index is 0.0563. The molecule has 0 saturated carbocycles. The van der Waals surface area contributed by atoms with Gasteiger partial charge in [-0.15, -0.1) is 0 Å². The van der Waals surface area contributed by atoms with Crippen molar-refractivity contribution in [3.63, 3.8) is 0 Å². The Morgan fingerprint density at radius 3 is 2.30 bits per heavy atom. The van der Waals surface area contributed by atoms with Gasteiger partial charge in [0, 0.05) is 19.1 Å². The molecule has 0 aromatic heterocycles. The van der Waals surface area contributed by atoms with Crippen LogP contribution in [0, 0.1) is 11.8 Å². The molecule has 6 heteroatoms. The van der Waals surface area contributed by atoms with Gasteiger partial charge in [0.1, 0.15) is 0 Å². The number of carbonyl (C=O) groups is 1. The molecule has 0 spiro atoms. The first-order valence-corrected chi connectivity index (χ1v) is 11.7. The molecule has 1 aromatic rings. The van der Waals surface area contributed by atoms with E-state index in [1.165, 1.54) is 11.1 Å². The van der Waals surface area contributed by atoms with Crippen molar-refractivity contribution >= 4 is 15.7 Å². The van der Waals surface area contributed by atoms with E-state index in [2.05, 4.69) is 57.3 Å². The first-order valence-electron chi connectivity index (χ1n) is 9.87. The van der Waals surface area contributed by atoms with Gasteiger partial charge in [0.15, 0.2) is 9.84 Å². The average molecular weight is 395 g/mol. The lowest BCUT2D eigenvalue weighted by Gasteiger charge is -2.27. The van der Waals surface area contributed by atoms with Crippen LogP contribution in [0.4, 0.5) is 0 Å². The van der Waals surface area contributed by atoms with Crippen LogP contribution in [-0.4, -0.2) is 50.4 Å². The maximum atomic E-state index is 12.5. The van der Waals surface area contributed by atoms with Gasteiger partial charge in [0.25, 0.3) is 0 Å². The van der Waals surface area contributed by atoms with Gasteiger partial charge in [0.2, 0.25) is 5.91 Å². The van der Waals surface area contributed by atoms with Crippen LogP contribution in [0.1, 0.15) is 51.3 Å². The minimum atomic E-state index is -2.99. The SMILES string of the molecule is CC(C)Cc1ccc([C@@H](NCC(=O)N(C)[C@H]2CCS(=O)(=O)C2)C(C)C)cc1. The van der Waals surface area contributed by atoms with E-state index in [0.29, 0.717) is 18.3 Å². The topological polar surface area (TPSA) is 66.5 Å². The molecule has 0 radical (unpaired) electrons. The molecule has 2 rings (SSSR count). The summed E-state index contributed by atoms with van der Waals surface area (Å²) in [6.07, 6.45) is 1.60. The Morgan fingerprint density at radius 2 is 1.81 bits per heavy atom. The second-order valence-corrected chi connectivity index (χ2v) is 10.7. The average Bonchev–Trinajstić information content (AvgIpc) is 2.94. The lowest BCUT2D eigenvalue weighted by Crippen LogP contribution is -2.43. The van der Waals surface area contributed by atoms with Crippen LogP contribution >= 0.6 is 0 Å². The zero-order chi connectivity index (χ0) is 20.2. The second-order valence-electron chi connectivity index (χ2n) is 8.50. The van der Waals surface area contributed by atoms with Crippen LogP contribution in [0.15, 0.2) is 24.3 Å². The number of benzene rings is 1. The van der Waals surface area contributed by atoms with E-state index in [0.717, 1.165) is 6.42 Å². The summed E-state index contributed by atoms with van der Waals surface area (Å²) < 4.78 is 23.3. The van der Waals surface area contributed by atoms with Gasteiger partial charge in [0.05, 0.1) is 18.1 Å². The Bertz CT molecular complexity index is 726. The third kappa shape index (κ3) is 6.32. The highest BCUT2D eigenvalue weighted by Gasteiger charge is 2.32. The highest BCUT2D eigenvalue weighted by atomic mass is 32.2. The quantitative estimate of drug-likeness (QED) is 0.736. The molecule has 1 fully saturated rings. The Balaban J connectivity index is 1.97. The van der Waals surface area contributed by atoms with Crippen LogP contribution < -0.4 is 5.32 Å². The number of rotatable bonds is 8. The Hall–Kier alpha value is -1.40. The largest absolute Gasteiger partial charge is 0.341 e. The zero-order valence-corrected chi connectivity index (χ0v) is 18.1. The molecule has 1 saturated heterocycles. The van der Waals surface area contributed by atoms with E-state index in [9.17, 15) is 13.2 Å². The molecule has 152 valence electrons. The molecule has 1 heterocycles. The number of hydrogen-bond donors (Lipinski definition) is 1. The van der Waals surface area contributed by atoms with E-state index < -0.39 is 9.84 Å². The summed E-state index contributed by atoms with van der Waals surface area (Å²) in [6, 6.07) is 8.52. The number of nitrogens with one attached hydrogen (secondary N) is 1. The fourth-order valence-corrected chi connectivity index (χ4v) is 5.45. The summed E-state index contributed by atoms with van der Waals surface area (Å²) in [5.41, 5.74) is 2.51. The molecule has 0 unspecified atom stereocenters. The molecular formula is C21H34N2O3S. The van der Waals surface area contributed by atoms with Crippen molar-refractivity contribution in [1.82, 2.24) is 10.2 Å². The van der Waals surface area contributed by atoms with Crippen molar-refractivity contribution in [2.75, 3.05) is 25.1 Å². The molecule has 1 N–H and O–H groups in total. The Kier molecular flexibility index (Phi) is 7.46. The van der Waals surface area contributed by atoms with Gasteiger partial charge in [-0.2, -0.15) is 0 Å². The van der Waals surface area contributed by atoms with Crippen LogP contribution in [-0.2, 0) is 21.1 Å². The van der Waals surface area contributed by atoms with E-state index in [4.69, 9.17) is 0 Å². The number of amides is 1. The summed E-state index contributed by atoms with van der Waals surface area (Å²) in [7, 11) is -1.28. The molecule has 27 heavy (non-hydrogen) atoms. The fraction of sp³-hybridized carbons (Fsp3) is 0.667. The van der Waals surface area contributed by atoms with Crippen LogP contribution in [0.25, 0.3) is 0 Å². The number of likely N-dealkylation sites (N-methyl/N-ethyl adjacent to an activating group) is 1. The normalized spacial score (nSPS) is 20.2. The summed E-state index contributed by atoms with van der Waals surface area (Å²) in [6.45, 7) is 8.91. The number of hydrogen-bond acceptors (Lipinski definition) is 4. The van der Waals surface area contributed by atoms with E-state index in [1.807, 2.05) is 0 Å². The molecule has 0 bridgehead atoms. The summed E-state index contributed by atoms with van der Waals surface area (Å²) >= 11 is 0. The fourth-order valence-electron chi connectivity index (χ4n) is 3.68. The van der Waals surface area contributed by atoms with Crippen molar-refractivity contribution in [2.45, 2.75) is 52.6 Å². The van der Waals surface area contributed by atoms with Crippen molar-refractivity contribution in [1.29, 1.82) is 0 Å². The van der Waals surface area contributed by atoms with Gasteiger partial charge in [-0.1, -0.05) is 52.0 Å². The number of carbonyl (C=O) groups excluding carboxylic acids is 1. The number of nitrogens with zero attached hydrogens (tertiary/aromatic N) is 1. The Labute approximate surface area is 164 Å². The first kappa shape index (κ1) is 21.9. The maximum Gasteiger partial charge on any atom is 0.236 e. The van der Waals surface area contributed by atoms with Gasteiger partial charge in [-0.05, 0) is 35.8 Å². The van der Waals surface area contributed by atoms with Gasteiger partial charge >= 0.3 is 0 Å². The van der Waals surface area contributed by atoms with E-state index in [-0.39, 0.29) is 36.0 Å². The third-order valence-corrected chi connectivity index (χ3v) is 7.02. The Morgan fingerprint density at radius 1 is 1.19 bits per heavy atom. The predicted molar refractivity (Wildman–Crippen MR) is 110 cm³/mol. The summed E-state index contributed by atoms with van der Waals surface area (Å²) in [5, 5.41) is 3.38. The van der Waals surface area contributed by atoms with Crippen molar-refractivity contribution in [3.05, 3.63) is 35.4 Å². The second kappa shape index (κ2) is 9.20. The van der Waals surface area contributed by atoms with E-state index in [1.54, 1.807) is 11.9 Å². The van der Waals surface area contributed by atoms with Crippen molar-refractivity contribution in [2.24, 2.45) is 11.8 Å². The van der Waals surface area contributed by atoms with Crippen LogP contribution in [0.3, 0.4) is 0 Å². The molecule has 1 amide bonds. The van der Waals surface area contributed by atoms with Gasteiger partial charge < -0.3 is 10.2 Å². The molecule has 1 aromatic carbocycles. The van der Waals surface area contributed by atoms with Crippen LogP contribution in [0.5, 0.6) is 0 Å². The third-order valence-electron chi connectivity index (χ3n) is 5.27. The molecule has 1 aliphatic heterocycles. The smallest absolute Gasteiger partial charge is 0.236 e. The molecule has 0 aliphatic carbocycles. The predicted octanol–water partition coefficient (Wildman–Crippen LogP) is 2.82. The standard InChI is InChI=1S/C21H34N2O3S/c1-15(2)12-17-6-8-18(9-7-17)21(16(3)4)22-13-20(24)23(5)19-10-11-27(25,26)14-19/h6-9,15-16,19,21-22H,10-14H2,1-5H3/t19-,21-/m0/s1. The highest BCUT2D eigenvalue weighted by Crippen LogP contribution is 2.23. The zero-order valence-electron chi connectivity index (χ0n) is 17.2. The van der Waals surface area contributed by atoms with E-state index >= 15 is 0 Å². The van der Waals surface area contributed by atoms with Crippen LogP contribution in [0.2, 0.25) is 0 Å². The lowest BCUT2D eigenvalue weighted by molar-refractivity contribution is -0.130. The highest BCUT2D eigenvalue weighted by molar-refractivity contribution is 7.91. The maximum absolute atomic E-state index is 12.5. The number of sulfone groups is 1. The van der Waals surface area contributed by atoms with Gasteiger partial charge in [-0.3, -0.25) is 4.79 Å². The molecule has 2 atom stereocenters. The minimum Gasteiger partial charge on any atom is -0.341 e. The molecular weight excluding hydrogens is 360 g/mol. The van der Waals surface area contributed by atoms with Gasteiger partial charge in [-0.25, -0.2) is 8.42 Å².